The van der Waals surface area contributed by atoms with Gasteiger partial charge in [0.1, 0.15) is 0 Å². The molecular weight excluding hydrogens is 875 g/mol. The second kappa shape index (κ2) is 16.4. The first-order chi connectivity index (χ1) is 24.6. The molecule has 1 aliphatic rings. The quantitative estimate of drug-likeness (QED) is 0.118. The molecule has 0 saturated heterocycles. The van der Waals surface area contributed by atoms with E-state index in [1.807, 2.05) is 42.7 Å². The molecule has 267 valence electrons. The summed E-state index contributed by atoms with van der Waals surface area (Å²) < 4.78 is 7.61. The van der Waals surface area contributed by atoms with Crippen LogP contribution in [0.25, 0.3) is 55.7 Å². The van der Waals surface area contributed by atoms with Crippen molar-refractivity contribution in [3.8, 4) is 33.6 Å². The van der Waals surface area contributed by atoms with Crippen molar-refractivity contribution in [1.82, 2.24) is 15.0 Å². The zero-order chi connectivity index (χ0) is 35.5. The molecule has 0 amide bonds. The molecule has 0 bridgehead atoms. The van der Waals surface area contributed by atoms with E-state index in [2.05, 4.69) is 121 Å². The van der Waals surface area contributed by atoms with E-state index in [9.17, 15) is 0 Å². The average molecular weight is 923 g/mol. The summed E-state index contributed by atoms with van der Waals surface area (Å²) in [5.41, 5.74) is 11.8. The maximum atomic E-state index is 6.02. The minimum absolute atomic E-state index is 0. The Morgan fingerprint density at radius 2 is 1.62 bits per heavy atom. The van der Waals surface area contributed by atoms with E-state index in [1.165, 1.54) is 43.2 Å². The normalized spacial score (nSPS) is 13.3. The van der Waals surface area contributed by atoms with Crippen molar-refractivity contribution in [2.45, 2.75) is 76.1 Å². The summed E-state index contributed by atoms with van der Waals surface area (Å²) in [5.74, 6) is 8.76. The summed E-state index contributed by atoms with van der Waals surface area (Å²) in [4.78, 5) is 14.0. The third-order valence-corrected chi connectivity index (χ3v) is 14.5. The van der Waals surface area contributed by atoms with Gasteiger partial charge in [-0.15, -0.1) is 17.7 Å². The van der Waals surface area contributed by atoms with E-state index in [0.717, 1.165) is 55.9 Å². The maximum absolute atomic E-state index is 6.02. The Balaban J connectivity index is 0.000000179. The van der Waals surface area contributed by atoms with Gasteiger partial charge in [-0.3, -0.25) is 0 Å². The van der Waals surface area contributed by atoms with Crippen molar-refractivity contribution in [1.29, 1.82) is 0 Å². The van der Waals surface area contributed by atoms with Crippen LogP contribution in [0.1, 0.15) is 62.1 Å². The maximum Gasteiger partial charge on any atom is 0 e. The standard InChI is InChI=1S/C25H19N2O.C21H28GeN.Ir/c1-16(2)18-11-12-26-22(14-18)20-9-6-10-23-24(20)21-13-19(15-27-25(21)28-23)17-7-4-3-5-8-17;1-16-9-11-18(12-10-16)21-14-19(13-17-7-5-6-8-17)20(15-23-21)22(2,3)4;/h3-8,10-16H,1-2H3;9-11,14-15,17H,5-8,13H2,1-4H3;/q2*-1;. The topological polar surface area (TPSA) is 51.8 Å². The van der Waals surface area contributed by atoms with E-state index in [1.54, 1.807) is 9.96 Å². The molecule has 4 nitrogen and oxygen atoms in total. The Morgan fingerprint density at radius 1 is 0.827 bits per heavy atom. The van der Waals surface area contributed by atoms with Gasteiger partial charge in [0.15, 0.2) is 0 Å². The third kappa shape index (κ3) is 8.49. The molecule has 52 heavy (non-hydrogen) atoms. The van der Waals surface area contributed by atoms with Crippen molar-refractivity contribution in [3.05, 3.63) is 132 Å². The molecule has 3 aromatic carbocycles. The fourth-order valence-electron chi connectivity index (χ4n) is 7.26. The predicted molar refractivity (Wildman–Crippen MR) is 215 cm³/mol. The Bertz CT molecular complexity index is 2270. The van der Waals surface area contributed by atoms with Gasteiger partial charge in [-0.1, -0.05) is 67.3 Å². The first-order valence-corrected chi connectivity index (χ1v) is 25.7. The van der Waals surface area contributed by atoms with E-state index in [-0.39, 0.29) is 20.1 Å². The van der Waals surface area contributed by atoms with Gasteiger partial charge in [0.2, 0.25) is 5.71 Å². The van der Waals surface area contributed by atoms with E-state index < -0.39 is 13.3 Å². The number of pyridine rings is 3. The molecule has 0 N–H and O–H groups in total. The van der Waals surface area contributed by atoms with Crippen molar-refractivity contribution >= 4 is 39.7 Å². The Kier molecular flexibility index (Phi) is 11.9. The van der Waals surface area contributed by atoms with Gasteiger partial charge in [0, 0.05) is 43.4 Å². The molecule has 0 atom stereocenters. The van der Waals surface area contributed by atoms with Crippen LogP contribution in [0, 0.1) is 25.0 Å². The largest absolute Gasteiger partial charge is 0 e. The minimum atomic E-state index is -1.88. The Hall–Kier alpha value is -3.90. The number of aromatic nitrogens is 3. The van der Waals surface area contributed by atoms with Gasteiger partial charge in [-0.25, -0.2) is 4.98 Å². The molecule has 1 fully saturated rings. The van der Waals surface area contributed by atoms with Crippen molar-refractivity contribution < 1.29 is 24.5 Å². The van der Waals surface area contributed by atoms with Crippen LogP contribution in [-0.4, -0.2) is 28.2 Å². The van der Waals surface area contributed by atoms with Gasteiger partial charge in [-0.05, 0) is 29.3 Å². The summed E-state index contributed by atoms with van der Waals surface area (Å²) in [6.07, 6.45) is 12.8. The summed E-state index contributed by atoms with van der Waals surface area (Å²) in [6, 6.07) is 35.9. The van der Waals surface area contributed by atoms with Crippen LogP contribution in [0.15, 0.2) is 108 Å². The molecule has 0 spiro atoms. The summed E-state index contributed by atoms with van der Waals surface area (Å²) in [5, 5.41) is 2.00. The monoisotopic (exact) mass is 924 g/mol. The average Bonchev–Trinajstić information content (AvgIpc) is 3.79. The van der Waals surface area contributed by atoms with Crippen molar-refractivity contribution in [2.75, 3.05) is 0 Å². The zero-order valence-corrected chi connectivity index (χ0v) is 35.6. The van der Waals surface area contributed by atoms with E-state index in [4.69, 9.17) is 9.40 Å². The Labute approximate surface area is 325 Å². The molecular formula is C46H47GeIrN3O-2. The number of benzene rings is 3. The number of furan rings is 1. The van der Waals surface area contributed by atoms with Crippen LogP contribution in [0.5, 0.6) is 0 Å². The first kappa shape index (κ1) is 37.8. The van der Waals surface area contributed by atoms with Crippen molar-refractivity contribution in [3.63, 3.8) is 0 Å². The van der Waals surface area contributed by atoms with Gasteiger partial charge >= 0.3 is 144 Å². The molecule has 8 rings (SSSR count). The fraction of sp³-hybridized carbons (Fsp3) is 0.283. The van der Waals surface area contributed by atoms with Gasteiger partial charge < -0.3 is 9.40 Å². The first-order valence-electron chi connectivity index (χ1n) is 18.4. The molecule has 1 saturated carbocycles. The van der Waals surface area contributed by atoms with Crippen LogP contribution in [0.3, 0.4) is 0 Å². The second-order valence-electron chi connectivity index (χ2n) is 15.4. The van der Waals surface area contributed by atoms with Crippen LogP contribution in [0.4, 0.5) is 0 Å². The number of rotatable bonds is 7. The molecule has 0 aliphatic heterocycles. The van der Waals surface area contributed by atoms with Gasteiger partial charge in [0.05, 0.1) is 5.58 Å². The smallest absolute Gasteiger partial charge is 0 e. The number of nitrogens with zero attached hydrogens (tertiary/aromatic N) is 3. The van der Waals surface area contributed by atoms with E-state index in [0.29, 0.717) is 11.6 Å². The minimum Gasteiger partial charge on any atom is 0 e. The molecule has 6 heteroatoms. The summed E-state index contributed by atoms with van der Waals surface area (Å²) >= 11 is -1.88. The summed E-state index contributed by atoms with van der Waals surface area (Å²) in [6.45, 7) is 6.48. The van der Waals surface area contributed by atoms with Crippen LogP contribution in [-0.2, 0) is 26.5 Å². The van der Waals surface area contributed by atoms with Crippen molar-refractivity contribution in [2.24, 2.45) is 5.92 Å². The number of aryl methyl sites for hydroxylation is 1. The molecule has 4 aromatic heterocycles. The zero-order valence-electron chi connectivity index (χ0n) is 31.1. The van der Waals surface area contributed by atoms with Crippen LogP contribution in [0.2, 0.25) is 17.3 Å². The predicted octanol–water partition coefficient (Wildman–Crippen LogP) is 11.8. The number of hydrogen-bond donors (Lipinski definition) is 0. The molecule has 4 heterocycles. The molecule has 0 unspecified atom stereocenters. The third-order valence-electron chi connectivity index (χ3n) is 10.1. The molecule has 7 aromatic rings. The van der Waals surface area contributed by atoms with Crippen LogP contribution < -0.4 is 4.40 Å². The Morgan fingerprint density at radius 3 is 2.33 bits per heavy atom. The van der Waals surface area contributed by atoms with Gasteiger partial charge in [0.25, 0.3) is 0 Å². The van der Waals surface area contributed by atoms with Crippen LogP contribution >= 0.6 is 0 Å². The summed E-state index contributed by atoms with van der Waals surface area (Å²) in [7, 11) is 0. The number of hydrogen-bond acceptors (Lipinski definition) is 4. The number of fused-ring (bicyclic) bond motifs is 3. The van der Waals surface area contributed by atoms with E-state index >= 15 is 0 Å². The molecule has 1 radical (unpaired) electrons. The second-order valence-corrected chi connectivity index (χ2v) is 25.9. The molecule has 1 aliphatic carbocycles. The fourth-order valence-corrected chi connectivity index (χ4v) is 10.6. The van der Waals surface area contributed by atoms with Gasteiger partial charge in [-0.2, -0.15) is 0 Å². The SMILES string of the molecule is CC(C)c1ccnc(-c2[c-]ccc3oc4ncc(-c5ccccc5)cc4c23)c1.Cc1c[c-]c(-c2cc(CC3CCCC3)[c]([Ge]([CH3])([CH3])[CH3])cn2)cc1.[Ir].